The quantitative estimate of drug-likeness (QED) is 0.378. The van der Waals surface area contributed by atoms with Crippen LogP contribution in [0.4, 0.5) is 11.5 Å². The maximum atomic E-state index is 13.1. The average molecular weight is 549 g/mol. The summed E-state index contributed by atoms with van der Waals surface area (Å²) >= 11 is 0. The number of hydrogen-bond donors (Lipinski definition) is 3. The monoisotopic (exact) mass is 548 g/mol. The molecule has 0 radical (unpaired) electrons. The molecule has 2 aromatic heterocycles. The minimum Gasteiger partial charge on any atom is -0.463 e. The Bertz CT molecular complexity index is 1280. The first-order valence-corrected chi connectivity index (χ1v) is 14.4. The van der Waals surface area contributed by atoms with Crippen molar-refractivity contribution in [1.82, 2.24) is 25.3 Å². The van der Waals surface area contributed by atoms with E-state index in [0.717, 1.165) is 38.5 Å². The minimum absolute atomic E-state index is 0.0554. The Labute approximate surface area is 235 Å². The van der Waals surface area contributed by atoms with Crippen molar-refractivity contribution >= 4 is 23.3 Å². The topological polar surface area (TPSA) is 162 Å². The van der Waals surface area contributed by atoms with Gasteiger partial charge in [0.2, 0.25) is 0 Å². The molecule has 1 aliphatic heterocycles. The fourth-order valence-corrected chi connectivity index (χ4v) is 5.53. The minimum atomic E-state index is -0.664. The number of piperidine rings is 1. The Morgan fingerprint density at radius 1 is 1.18 bits per heavy atom. The van der Waals surface area contributed by atoms with E-state index in [1.165, 1.54) is 11.8 Å². The molecule has 5 N–H and O–H groups in total. The van der Waals surface area contributed by atoms with Crippen LogP contribution >= 0.6 is 0 Å². The number of aromatic nitrogens is 4. The number of hydrogen-bond acceptors (Lipinski definition) is 9. The summed E-state index contributed by atoms with van der Waals surface area (Å²) in [5, 5.41) is 3.10. The first-order valence-electron chi connectivity index (χ1n) is 14.4. The summed E-state index contributed by atoms with van der Waals surface area (Å²) in [6.45, 7) is 8.39. The second kappa shape index (κ2) is 11.8. The van der Waals surface area contributed by atoms with E-state index in [1.807, 2.05) is 0 Å². The van der Waals surface area contributed by atoms with Crippen LogP contribution in [-0.4, -0.2) is 57.5 Å². The lowest BCUT2D eigenvalue weighted by Crippen LogP contribution is -2.43. The molecule has 11 heteroatoms. The van der Waals surface area contributed by atoms with Gasteiger partial charge < -0.3 is 26.4 Å². The van der Waals surface area contributed by atoms with E-state index in [1.54, 1.807) is 6.07 Å². The van der Waals surface area contributed by atoms with Crippen molar-refractivity contribution < 1.29 is 14.3 Å². The molecule has 0 aromatic carbocycles. The van der Waals surface area contributed by atoms with Crippen molar-refractivity contribution in [2.45, 2.75) is 71.3 Å². The van der Waals surface area contributed by atoms with Gasteiger partial charge in [-0.05, 0) is 63.2 Å². The van der Waals surface area contributed by atoms with Crippen LogP contribution in [0.25, 0.3) is 0 Å². The highest BCUT2D eigenvalue weighted by atomic mass is 16.5. The average Bonchev–Trinajstić information content (AvgIpc) is 3.68. The summed E-state index contributed by atoms with van der Waals surface area (Å²) in [6, 6.07) is 2.18. The van der Waals surface area contributed by atoms with Crippen LogP contribution in [0, 0.1) is 17.8 Å². The van der Waals surface area contributed by atoms with Gasteiger partial charge in [-0.3, -0.25) is 9.59 Å². The molecule has 3 heterocycles. The van der Waals surface area contributed by atoms with Crippen LogP contribution in [0.5, 0.6) is 6.01 Å². The van der Waals surface area contributed by atoms with Gasteiger partial charge in [0.25, 0.3) is 11.8 Å². The van der Waals surface area contributed by atoms with Crippen LogP contribution in [0.1, 0.15) is 92.0 Å². The van der Waals surface area contributed by atoms with Gasteiger partial charge in [0.15, 0.2) is 5.69 Å². The van der Waals surface area contributed by atoms with Gasteiger partial charge in [0.1, 0.15) is 17.3 Å². The maximum absolute atomic E-state index is 13.1. The summed E-state index contributed by atoms with van der Waals surface area (Å²) < 4.78 is 6.06. The van der Waals surface area contributed by atoms with Crippen LogP contribution in [0.2, 0.25) is 0 Å². The molecule has 2 aromatic rings. The number of anilines is 2. The summed E-state index contributed by atoms with van der Waals surface area (Å²) in [5.41, 5.74) is 13.2. The number of nitrogens with zero attached hydrogens (tertiary/aromatic N) is 5. The second-order valence-electron chi connectivity index (χ2n) is 11.6. The Morgan fingerprint density at radius 2 is 1.93 bits per heavy atom. The molecule has 11 nitrogen and oxygen atoms in total. The molecule has 0 spiro atoms. The number of ether oxygens (including phenoxy) is 1. The van der Waals surface area contributed by atoms with Crippen LogP contribution in [0.15, 0.2) is 23.9 Å². The molecular weight excluding hydrogens is 508 g/mol. The summed E-state index contributed by atoms with van der Waals surface area (Å²) in [4.78, 5) is 44.8. The molecular formula is C29H40N8O3. The first-order chi connectivity index (χ1) is 19.2. The fourth-order valence-electron chi connectivity index (χ4n) is 5.53. The fraction of sp³-hybridized carbons (Fsp3) is 0.586. The van der Waals surface area contributed by atoms with Gasteiger partial charge in [0, 0.05) is 31.1 Å². The van der Waals surface area contributed by atoms with Crippen LogP contribution < -0.4 is 26.4 Å². The van der Waals surface area contributed by atoms with E-state index in [2.05, 4.69) is 52.0 Å². The molecule has 2 aliphatic carbocycles. The molecule has 3 aliphatic rings. The number of amides is 2. The highest BCUT2D eigenvalue weighted by Crippen LogP contribution is 2.41. The lowest BCUT2D eigenvalue weighted by atomic mass is 9.82. The van der Waals surface area contributed by atoms with Crippen molar-refractivity contribution in [2.24, 2.45) is 23.5 Å². The van der Waals surface area contributed by atoms with Crippen molar-refractivity contribution in [3.8, 4) is 6.01 Å². The molecule has 0 unspecified atom stereocenters. The van der Waals surface area contributed by atoms with Crippen molar-refractivity contribution in [1.29, 1.82) is 0 Å². The molecule has 2 saturated carbocycles. The van der Waals surface area contributed by atoms with E-state index >= 15 is 0 Å². The number of primary amides is 1. The smallest absolute Gasteiger partial charge is 0.319 e. The van der Waals surface area contributed by atoms with Gasteiger partial charge in [0.05, 0.1) is 18.5 Å². The van der Waals surface area contributed by atoms with Gasteiger partial charge in [-0.15, -0.1) is 0 Å². The van der Waals surface area contributed by atoms with Crippen LogP contribution in [0.3, 0.4) is 0 Å². The Kier molecular flexibility index (Phi) is 8.18. The number of rotatable bonds is 10. The summed E-state index contributed by atoms with van der Waals surface area (Å²) in [5.74, 6) is 2.05. The third-order valence-electron chi connectivity index (χ3n) is 8.35. The Hall–Kier alpha value is -3.76. The largest absolute Gasteiger partial charge is 0.463 e. The zero-order chi connectivity index (χ0) is 28.4. The van der Waals surface area contributed by atoms with E-state index in [9.17, 15) is 9.59 Å². The van der Waals surface area contributed by atoms with E-state index < -0.39 is 5.91 Å². The lowest BCUT2D eigenvalue weighted by Gasteiger charge is -2.33. The first kappa shape index (κ1) is 27.8. The zero-order valence-electron chi connectivity index (χ0n) is 23.6. The standard InChI is InChI=1S/C29H40N8O3/c1-4-16(2)9-19-12-20(19)15-40-29-34-23(28(39)33-21-10-17(3)11-21)13-24(35-29)37-7-5-18(6-8-37)27-32-14-22(30)25(36-27)26(31)38/h9,13-14,17-21H,4-8,10-12,15,30H2,1-3H3,(H2,31,38)(H,33,39)/b16-9+/t17?,19-,20-,21?/m1/s1. The van der Waals surface area contributed by atoms with Gasteiger partial charge >= 0.3 is 6.01 Å². The molecule has 3 fully saturated rings. The van der Waals surface area contributed by atoms with Gasteiger partial charge in [-0.25, -0.2) is 9.97 Å². The molecule has 40 heavy (non-hydrogen) atoms. The molecule has 2 amide bonds. The van der Waals surface area contributed by atoms with E-state index in [-0.39, 0.29) is 35.3 Å². The number of allylic oxidation sites excluding steroid dienone is 2. The normalized spacial score (nSPS) is 24.8. The van der Waals surface area contributed by atoms with Crippen LogP contribution in [-0.2, 0) is 0 Å². The SMILES string of the molecule is CC/C(C)=C/[C@@H]1C[C@@H]1COc1nc(C(=O)NC2CC(C)C2)cc(N2CCC(c3ncc(N)c(C(N)=O)n3)CC2)n1. The second-order valence-corrected chi connectivity index (χ2v) is 11.6. The van der Waals surface area contributed by atoms with Gasteiger partial charge in [-0.1, -0.05) is 25.5 Å². The van der Waals surface area contributed by atoms with Crippen molar-refractivity contribution in [2.75, 3.05) is 30.3 Å². The maximum Gasteiger partial charge on any atom is 0.319 e. The molecule has 1 saturated heterocycles. The van der Waals surface area contributed by atoms with Gasteiger partial charge in [-0.2, -0.15) is 9.97 Å². The van der Waals surface area contributed by atoms with Crippen molar-refractivity contribution in [3.63, 3.8) is 0 Å². The molecule has 214 valence electrons. The predicted molar refractivity (Wildman–Crippen MR) is 152 cm³/mol. The summed E-state index contributed by atoms with van der Waals surface area (Å²) in [7, 11) is 0. The number of nitrogens with two attached hydrogens (primary N) is 2. The third-order valence-corrected chi connectivity index (χ3v) is 8.35. The third kappa shape index (κ3) is 6.51. The van der Waals surface area contributed by atoms with Crippen molar-refractivity contribution in [3.05, 3.63) is 41.1 Å². The highest BCUT2D eigenvalue weighted by Gasteiger charge is 2.36. The number of nitrogens with one attached hydrogen (secondary N) is 1. The highest BCUT2D eigenvalue weighted by molar-refractivity contribution is 5.95. The number of carbonyl (C=O) groups is 2. The zero-order valence-corrected chi connectivity index (χ0v) is 23.6. The predicted octanol–water partition coefficient (Wildman–Crippen LogP) is 3.23. The number of nitrogen functional groups attached to an aromatic ring is 1. The molecule has 0 bridgehead atoms. The van der Waals surface area contributed by atoms with E-state index in [0.29, 0.717) is 54.8 Å². The summed E-state index contributed by atoms with van der Waals surface area (Å²) in [6.07, 6.45) is 9.40. The molecule has 5 rings (SSSR count). The lowest BCUT2D eigenvalue weighted by molar-refractivity contribution is 0.0888. The Balaban J connectivity index is 1.28. The van der Waals surface area contributed by atoms with E-state index in [4.69, 9.17) is 21.2 Å². The Morgan fingerprint density at radius 3 is 2.60 bits per heavy atom. The number of carbonyl (C=O) groups excluding carboxylic acids is 2. The molecule has 2 atom stereocenters.